The number of thiophene rings is 1. The molecule has 0 atom stereocenters. The number of nitro groups is 1. The van der Waals surface area contributed by atoms with Crippen LogP contribution < -0.4 is 9.64 Å². The molecule has 154 valence electrons. The summed E-state index contributed by atoms with van der Waals surface area (Å²) in [6, 6.07) is 6.69. The fraction of sp³-hybridized carbons (Fsp3) is 0.368. The summed E-state index contributed by atoms with van der Waals surface area (Å²) in [4.78, 5) is 32.4. The number of fused-ring (bicyclic) bond motifs is 1. The molecule has 8 nitrogen and oxygen atoms in total. The molecule has 10 heteroatoms. The van der Waals surface area contributed by atoms with Crippen LogP contribution in [-0.2, 0) is 0 Å². The standard InChI is InChI=1S/C19H22N4O4S2/c1-12-6-7-13(27-4)16-17(12)29-19(20-16)22(11-5-10-21(2)3)18(24)14-8-9-15(28-14)23(25)26/h6-9H,5,10-11H2,1-4H3. The maximum absolute atomic E-state index is 13.2. The number of nitrogens with zero attached hydrogens (tertiary/aromatic N) is 4. The maximum Gasteiger partial charge on any atom is 0.324 e. The normalized spacial score (nSPS) is 11.2. The number of hydrogen-bond acceptors (Lipinski definition) is 8. The second kappa shape index (κ2) is 8.85. The van der Waals surface area contributed by atoms with Crippen molar-refractivity contribution in [3.8, 4) is 5.75 Å². The number of hydrogen-bond donors (Lipinski definition) is 0. The van der Waals surface area contributed by atoms with Crippen molar-refractivity contribution in [2.24, 2.45) is 0 Å². The minimum Gasteiger partial charge on any atom is -0.494 e. The van der Waals surface area contributed by atoms with E-state index in [1.807, 2.05) is 38.1 Å². The smallest absolute Gasteiger partial charge is 0.324 e. The van der Waals surface area contributed by atoms with Gasteiger partial charge in [0.1, 0.15) is 11.3 Å². The molecular formula is C19H22N4O4S2. The molecule has 3 rings (SSSR count). The Morgan fingerprint density at radius 1 is 1.21 bits per heavy atom. The molecule has 0 fully saturated rings. The van der Waals surface area contributed by atoms with Crippen molar-refractivity contribution in [3.05, 3.63) is 44.8 Å². The number of rotatable bonds is 8. The van der Waals surface area contributed by atoms with E-state index >= 15 is 0 Å². The van der Waals surface area contributed by atoms with E-state index in [1.165, 1.54) is 23.5 Å². The zero-order valence-electron chi connectivity index (χ0n) is 16.7. The fourth-order valence-corrected chi connectivity index (χ4v) is 4.73. The van der Waals surface area contributed by atoms with Crippen LogP contribution in [0.1, 0.15) is 21.7 Å². The molecular weight excluding hydrogens is 412 g/mol. The van der Waals surface area contributed by atoms with Crippen LogP contribution in [0.5, 0.6) is 5.75 Å². The first kappa shape index (κ1) is 21.2. The van der Waals surface area contributed by atoms with Crippen molar-refractivity contribution < 1.29 is 14.5 Å². The summed E-state index contributed by atoms with van der Waals surface area (Å²) in [7, 11) is 5.54. The van der Waals surface area contributed by atoms with Gasteiger partial charge in [0.15, 0.2) is 5.13 Å². The Kier molecular flexibility index (Phi) is 6.46. The van der Waals surface area contributed by atoms with E-state index in [-0.39, 0.29) is 10.9 Å². The van der Waals surface area contributed by atoms with Crippen molar-refractivity contribution in [1.82, 2.24) is 9.88 Å². The van der Waals surface area contributed by atoms with Crippen LogP contribution in [0.4, 0.5) is 10.1 Å². The highest BCUT2D eigenvalue weighted by atomic mass is 32.1. The van der Waals surface area contributed by atoms with Gasteiger partial charge >= 0.3 is 5.00 Å². The van der Waals surface area contributed by atoms with Crippen molar-refractivity contribution in [3.63, 3.8) is 0 Å². The lowest BCUT2D eigenvalue weighted by Gasteiger charge is -2.20. The molecule has 2 aromatic heterocycles. The molecule has 0 radical (unpaired) electrons. The molecule has 2 heterocycles. The van der Waals surface area contributed by atoms with Crippen LogP contribution in [0.25, 0.3) is 10.2 Å². The van der Waals surface area contributed by atoms with Gasteiger partial charge in [0, 0.05) is 12.6 Å². The number of aryl methyl sites for hydroxylation is 1. The Balaban J connectivity index is 2.00. The summed E-state index contributed by atoms with van der Waals surface area (Å²) in [5, 5.41) is 11.5. The molecule has 1 aromatic carbocycles. The fourth-order valence-electron chi connectivity index (χ4n) is 2.88. The van der Waals surface area contributed by atoms with E-state index in [9.17, 15) is 14.9 Å². The molecule has 0 spiro atoms. The highest BCUT2D eigenvalue weighted by Gasteiger charge is 2.25. The minimum atomic E-state index is -0.482. The minimum absolute atomic E-state index is 0.0524. The van der Waals surface area contributed by atoms with Crippen LogP contribution in [0.3, 0.4) is 0 Å². The first-order chi connectivity index (χ1) is 13.8. The number of ether oxygens (including phenoxy) is 1. The Bertz CT molecular complexity index is 1040. The van der Waals surface area contributed by atoms with Crippen LogP contribution >= 0.6 is 22.7 Å². The van der Waals surface area contributed by atoms with E-state index in [4.69, 9.17) is 4.74 Å². The second-order valence-corrected chi connectivity index (χ2v) is 8.81. The van der Waals surface area contributed by atoms with Gasteiger partial charge in [-0.05, 0) is 51.7 Å². The Morgan fingerprint density at radius 2 is 1.97 bits per heavy atom. The van der Waals surface area contributed by atoms with Gasteiger partial charge < -0.3 is 9.64 Å². The third-order valence-electron chi connectivity index (χ3n) is 4.36. The number of carbonyl (C=O) groups excluding carboxylic acids is 1. The van der Waals surface area contributed by atoms with Gasteiger partial charge in [-0.1, -0.05) is 28.7 Å². The molecule has 3 aromatic rings. The summed E-state index contributed by atoms with van der Waals surface area (Å²) in [5.41, 5.74) is 1.77. The lowest BCUT2D eigenvalue weighted by molar-refractivity contribution is -0.380. The average molecular weight is 435 g/mol. The summed E-state index contributed by atoms with van der Waals surface area (Å²) < 4.78 is 6.38. The van der Waals surface area contributed by atoms with Crippen LogP contribution in [-0.4, -0.2) is 55.0 Å². The van der Waals surface area contributed by atoms with Gasteiger partial charge in [0.2, 0.25) is 0 Å². The molecule has 0 saturated carbocycles. The number of aromatic nitrogens is 1. The van der Waals surface area contributed by atoms with Crippen molar-refractivity contribution >= 4 is 48.9 Å². The molecule has 0 saturated heterocycles. The van der Waals surface area contributed by atoms with Crippen molar-refractivity contribution in [2.45, 2.75) is 13.3 Å². The number of amides is 1. The van der Waals surface area contributed by atoms with Gasteiger partial charge in [0.05, 0.1) is 21.6 Å². The van der Waals surface area contributed by atoms with E-state index in [1.54, 1.807) is 12.0 Å². The lowest BCUT2D eigenvalue weighted by Crippen LogP contribution is -2.32. The van der Waals surface area contributed by atoms with Crippen molar-refractivity contribution in [1.29, 1.82) is 0 Å². The monoisotopic (exact) mass is 434 g/mol. The number of anilines is 1. The number of methoxy groups -OCH3 is 1. The third kappa shape index (κ3) is 4.55. The first-order valence-corrected chi connectivity index (χ1v) is 10.6. The van der Waals surface area contributed by atoms with E-state index in [2.05, 4.69) is 4.98 Å². The van der Waals surface area contributed by atoms with Gasteiger partial charge in [-0.15, -0.1) is 0 Å². The topological polar surface area (TPSA) is 88.8 Å². The molecule has 1 amide bonds. The highest BCUT2D eigenvalue weighted by molar-refractivity contribution is 7.22. The Labute approximate surface area is 176 Å². The van der Waals surface area contributed by atoms with Gasteiger partial charge in [-0.3, -0.25) is 19.8 Å². The van der Waals surface area contributed by atoms with Crippen LogP contribution in [0.2, 0.25) is 0 Å². The van der Waals surface area contributed by atoms with E-state index in [0.29, 0.717) is 22.3 Å². The zero-order valence-corrected chi connectivity index (χ0v) is 18.3. The van der Waals surface area contributed by atoms with E-state index in [0.717, 1.165) is 40.1 Å². The lowest BCUT2D eigenvalue weighted by atomic mass is 10.2. The summed E-state index contributed by atoms with van der Waals surface area (Å²) in [6.07, 6.45) is 0.748. The molecule has 29 heavy (non-hydrogen) atoms. The largest absolute Gasteiger partial charge is 0.494 e. The molecule has 0 aliphatic carbocycles. The van der Waals surface area contributed by atoms with Gasteiger partial charge in [-0.25, -0.2) is 4.98 Å². The number of benzene rings is 1. The highest BCUT2D eigenvalue weighted by Crippen LogP contribution is 2.37. The molecule has 0 aliphatic rings. The molecule has 0 N–H and O–H groups in total. The van der Waals surface area contributed by atoms with Crippen molar-refractivity contribution in [2.75, 3.05) is 39.2 Å². The first-order valence-electron chi connectivity index (χ1n) is 8.96. The Hall–Kier alpha value is -2.56. The Morgan fingerprint density at radius 3 is 2.59 bits per heavy atom. The maximum atomic E-state index is 13.2. The molecule has 0 aliphatic heterocycles. The molecule has 0 unspecified atom stereocenters. The number of thiazole rings is 1. The van der Waals surface area contributed by atoms with Crippen LogP contribution in [0.15, 0.2) is 24.3 Å². The zero-order chi connectivity index (χ0) is 21.1. The summed E-state index contributed by atoms with van der Waals surface area (Å²) in [6.45, 7) is 3.26. The van der Waals surface area contributed by atoms with E-state index < -0.39 is 4.92 Å². The predicted octanol–water partition coefficient (Wildman–Crippen LogP) is 4.18. The SMILES string of the molecule is COc1ccc(C)c2sc(N(CCCN(C)C)C(=O)c3ccc([N+](=O)[O-])s3)nc12. The number of carbonyl (C=O) groups is 1. The molecule has 0 bridgehead atoms. The van der Waals surface area contributed by atoms with Crippen LogP contribution in [0, 0.1) is 17.0 Å². The second-order valence-electron chi connectivity index (χ2n) is 6.77. The predicted molar refractivity (Wildman–Crippen MR) is 117 cm³/mol. The van der Waals surface area contributed by atoms with Gasteiger partial charge in [0.25, 0.3) is 5.91 Å². The van der Waals surface area contributed by atoms with Gasteiger partial charge in [-0.2, -0.15) is 0 Å². The third-order valence-corrected chi connectivity index (χ3v) is 6.60. The summed E-state index contributed by atoms with van der Waals surface area (Å²) >= 11 is 2.31. The quantitative estimate of drug-likeness (QED) is 0.390. The summed E-state index contributed by atoms with van der Waals surface area (Å²) in [5.74, 6) is 0.373. The average Bonchev–Trinajstić information content (AvgIpc) is 3.33.